The van der Waals surface area contributed by atoms with Crippen LogP contribution in [-0.4, -0.2) is 0 Å². The summed E-state index contributed by atoms with van der Waals surface area (Å²) in [4.78, 5) is 0. The van der Waals surface area contributed by atoms with Gasteiger partial charge in [0.05, 0.1) is 0 Å². The number of hydrogen-bond acceptors (Lipinski definition) is 1. The van der Waals surface area contributed by atoms with Crippen molar-refractivity contribution < 1.29 is 4.74 Å². The van der Waals surface area contributed by atoms with Crippen molar-refractivity contribution in [2.45, 2.75) is 5.92 Å². The fourth-order valence-corrected chi connectivity index (χ4v) is 3.92. The van der Waals surface area contributed by atoms with Crippen LogP contribution in [0.2, 0.25) is 0 Å². The van der Waals surface area contributed by atoms with E-state index in [0.717, 1.165) is 11.5 Å². The zero-order valence-electron chi connectivity index (χ0n) is 14.3. The molecule has 0 aliphatic heterocycles. The maximum Gasteiger partial charge on any atom is 0.132 e. The number of ether oxygens (including phenoxy) is 1. The van der Waals surface area contributed by atoms with E-state index < -0.39 is 0 Å². The number of hydrogen-bond donors (Lipinski definition) is 0. The highest BCUT2D eigenvalue weighted by Gasteiger charge is 2.32. The van der Waals surface area contributed by atoms with Crippen LogP contribution in [0.25, 0.3) is 11.1 Å². The maximum atomic E-state index is 6.30. The van der Waals surface area contributed by atoms with Crippen LogP contribution >= 0.6 is 0 Å². The summed E-state index contributed by atoms with van der Waals surface area (Å²) >= 11 is 0. The van der Waals surface area contributed by atoms with Gasteiger partial charge in [0.15, 0.2) is 0 Å². The Balaban J connectivity index is 1.71. The average Bonchev–Trinajstić information content (AvgIpc) is 3.05. The highest BCUT2D eigenvalue weighted by Crippen LogP contribution is 2.51. The summed E-state index contributed by atoms with van der Waals surface area (Å²) < 4.78 is 6.30. The summed E-state index contributed by atoms with van der Waals surface area (Å²) in [6.07, 6.45) is 0. The number of fused-ring (bicyclic) bond motifs is 3. The van der Waals surface area contributed by atoms with E-state index in [1.807, 2.05) is 30.3 Å². The van der Waals surface area contributed by atoms with Gasteiger partial charge in [-0.05, 0) is 40.5 Å². The lowest BCUT2D eigenvalue weighted by molar-refractivity contribution is 0.476. The van der Waals surface area contributed by atoms with E-state index >= 15 is 0 Å². The van der Waals surface area contributed by atoms with Crippen LogP contribution in [0.3, 0.4) is 0 Å². The van der Waals surface area contributed by atoms with Crippen molar-refractivity contribution in [3.63, 3.8) is 0 Å². The Morgan fingerprint density at radius 3 is 2.00 bits per heavy atom. The molecule has 0 amide bonds. The molecule has 5 rings (SSSR count). The minimum absolute atomic E-state index is 0.197. The fourth-order valence-electron chi connectivity index (χ4n) is 3.92. The van der Waals surface area contributed by atoms with Gasteiger partial charge in [0.25, 0.3) is 0 Å². The SMILES string of the molecule is c1ccc(Oc2cccc3c2C(c2ccccc2)c2ccccc2-3)cc1. The van der Waals surface area contributed by atoms with Gasteiger partial charge in [0, 0.05) is 11.5 Å². The summed E-state index contributed by atoms with van der Waals surface area (Å²) in [6, 6.07) is 35.7. The van der Waals surface area contributed by atoms with Gasteiger partial charge >= 0.3 is 0 Å². The second-order valence-corrected chi connectivity index (χ2v) is 6.56. The summed E-state index contributed by atoms with van der Waals surface area (Å²) in [5.41, 5.74) is 6.46. The molecule has 124 valence electrons. The van der Waals surface area contributed by atoms with E-state index in [-0.39, 0.29) is 5.92 Å². The molecule has 4 aromatic carbocycles. The van der Waals surface area contributed by atoms with Gasteiger partial charge in [-0.25, -0.2) is 0 Å². The van der Waals surface area contributed by atoms with Crippen molar-refractivity contribution in [3.8, 4) is 22.6 Å². The Morgan fingerprint density at radius 1 is 0.538 bits per heavy atom. The molecule has 1 aliphatic rings. The first-order chi connectivity index (χ1) is 12.9. The number of para-hydroxylation sites is 1. The van der Waals surface area contributed by atoms with E-state index in [0.29, 0.717) is 0 Å². The van der Waals surface area contributed by atoms with Crippen LogP contribution in [0.4, 0.5) is 0 Å². The minimum Gasteiger partial charge on any atom is -0.457 e. The largest absolute Gasteiger partial charge is 0.457 e. The molecule has 0 spiro atoms. The molecular formula is C25H18O. The lowest BCUT2D eigenvalue weighted by Gasteiger charge is -2.18. The summed E-state index contributed by atoms with van der Waals surface area (Å²) in [6.45, 7) is 0. The van der Waals surface area contributed by atoms with Crippen molar-refractivity contribution in [2.24, 2.45) is 0 Å². The molecule has 26 heavy (non-hydrogen) atoms. The Bertz CT molecular complexity index is 1050. The Morgan fingerprint density at radius 2 is 1.19 bits per heavy atom. The van der Waals surface area contributed by atoms with Crippen LogP contribution < -0.4 is 4.74 Å². The lowest BCUT2D eigenvalue weighted by atomic mass is 9.89. The first kappa shape index (κ1) is 15.0. The van der Waals surface area contributed by atoms with Gasteiger partial charge in [-0.1, -0.05) is 84.9 Å². The van der Waals surface area contributed by atoms with Crippen LogP contribution in [0.15, 0.2) is 103 Å². The fraction of sp³-hybridized carbons (Fsp3) is 0.0400. The zero-order chi connectivity index (χ0) is 17.3. The topological polar surface area (TPSA) is 9.23 Å². The molecule has 0 heterocycles. The van der Waals surface area contributed by atoms with E-state index in [1.165, 1.54) is 27.8 Å². The predicted octanol–water partition coefficient (Wildman–Crippen LogP) is 6.64. The van der Waals surface area contributed by atoms with Crippen molar-refractivity contribution in [1.29, 1.82) is 0 Å². The third-order valence-electron chi connectivity index (χ3n) is 5.02. The second kappa shape index (κ2) is 6.20. The highest BCUT2D eigenvalue weighted by atomic mass is 16.5. The van der Waals surface area contributed by atoms with Gasteiger partial charge in [-0.15, -0.1) is 0 Å². The summed E-state index contributed by atoms with van der Waals surface area (Å²) in [7, 11) is 0. The Kier molecular flexibility index (Phi) is 3.57. The molecule has 1 heteroatoms. The first-order valence-electron chi connectivity index (χ1n) is 8.92. The zero-order valence-corrected chi connectivity index (χ0v) is 14.3. The van der Waals surface area contributed by atoms with Crippen molar-refractivity contribution >= 4 is 0 Å². The smallest absolute Gasteiger partial charge is 0.132 e. The van der Waals surface area contributed by atoms with Crippen LogP contribution in [0, 0.1) is 0 Å². The predicted molar refractivity (Wildman–Crippen MR) is 106 cm³/mol. The van der Waals surface area contributed by atoms with E-state index in [1.54, 1.807) is 0 Å². The van der Waals surface area contributed by atoms with Gasteiger partial charge in [-0.3, -0.25) is 0 Å². The first-order valence-corrected chi connectivity index (χ1v) is 8.92. The molecule has 4 aromatic rings. The monoisotopic (exact) mass is 334 g/mol. The number of rotatable bonds is 3. The molecule has 0 aromatic heterocycles. The Hall–Kier alpha value is -3.32. The average molecular weight is 334 g/mol. The minimum atomic E-state index is 0.197. The molecule has 0 radical (unpaired) electrons. The molecule has 0 N–H and O–H groups in total. The van der Waals surface area contributed by atoms with Gasteiger partial charge in [0.2, 0.25) is 0 Å². The lowest BCUT2D eigenvalue weighted by Crippen LogP contribution is -2.01. The molecular weight excluding hydrogens is 316 g/mol. The van der Waals surface area contributed by atoms with E-state index in [9.17, 15) is 0 Å². The normalized spacial score (nSPS) is 14.5. The standard InChI is InChI=1S/C25H18O/c1-3-10-18(11-4-1)24-21-15-8-7-14-20(21)22-16-9-17-23(25(22)24)26-19-12-5-2-6-13-19/h1-17,24H. The molecule has 0 fully saturated rings. The Labute approximate surface area is 153 Å². The van der Waals surface area contributed by atoms with E-state index in [2.05, 4.69) is 72.8 Å². The second-order valence-electron chi connectivity index (χ2n) is 6.56. The van der Waals surface area contributed by atoms with Gasteiger partial charge < -0.3 is 4.74 Å². The van der Waals surface area contributed by atoms with Gasteiger partial charge in [0.1, 0.15) is 11.5 Å². The molecule has 1 atom stereocenters. The maximum absolute atomic E-state index is 6.30. The molecule has 1 aliphatic carbocycles. The molecule has 0 saturated heterocycles. The molecule has 1 nitrogen and oxygen atoms in total. The third kappa shape index (κ3) is 2.41. The van der Waals surface area contributed by atoms with Gasteiger partial charge in [-0.2, -0.15) is 0 Å². The highest BCUT2D eigenvalue weighted by molar-refractivity contribution is 5.83. The summed E-state index contributed by atoms with van der Waals surface area (Å²) in [5, 5.41) is 0. The molecule has 1 unspecified atom stereocenters. The van der Waals surface area contributed by atoms with Crippen LogP contribution in [-0.2, 0) is 0 Å². The van der Waals surface area contributed by atoms with Crippen LogP contribution in [0.5, 0.6) is 11.5 Å². The molecule has 0 bridgehead atoms. The van der Waals surface area contributed by atoms with Crippen molar-refractivity contribution in [3.05, 3.63) is 120 Å². The van der Waals surface area contributed by atoms with Crippen molar-refractivity contribution in [2.75, 3.05) is 0 Å². The summed E-state index contributed by atoms with van der Waals surface area (Å²) in [5.74, 6) is 1.99. The third-order valence-corrected chi connectivity index (χ3v) is 5.02. The van der Waals surface area contributed by atoms with E-state index in [4.69, 9.17) is 4.74 Å². The number of benzene rings is 4. The van der Waals surface area contributed by atoms with Crippen LogP contribution in [0.1, 0.15) is 22.6 Å². The quantitative estimate of drug-likeness (QED) is 0.359. The van der Waals surface area contributed by atoms with Crippen molar-refractivity contribution in [1.82, 2.24) is 0 Å². The molecule has 0 saturated carbocycles.